The Kier molecular flexibility index (Phi) is 4.79. The molecule has 2 heterocycles. The van der Waals surface area contributed by atoms with E-state index in [9.17, 15) is 0 Å². The normalized spacial score (nSPS) is 10.9. The molecule has 0 aliphatic rings. The van der Waals surface area contributed by atoms with Crippen LogP contribution in [0.1, 0.15) is 11.1 Å². The maximum absolute atomic E-state index is 2.31. The van der Waals surface area contributed by atoms with Gasteiger partial charge in [-0.25, -0.2) is 0 Å². The molecule has 0 fully saturated rings. The highest BCUT2D eigenvalue weighted by molar-refractivity contribution is 5.73. The average molecular weight is 367 g/mol. The van der Waals surface area contributed by atoms with E-state index in [0.29, 0.717) is 0 Å². The van der Waals surface area contributed by atoms with Crippen molar-refractivity contribution in [1.82, 2.24) is 0 Å². The maximum atomic E-state index is 2.31. The van der Waals surface area contributed by atoms with E-state index in [1.165, 1.54) is 44.9 Å². The molecule has 0 N–H and O–H groups in total. The van der Waals surface area contributed by atoms with Gasteiger partial charge < -0.3 is 0 Å². The highest BCUT2D eigenvalue weighted by Crippen LogP contribution is 2.28. The number of rotatable bonds is 3. The molecule has 0 aliphatic heterocycles. The van der Waals surface area contributed by atoms with E-state index in [1.54, 1.807) is 0 Å². The van der Waals surface area contributed by atoms with Crippen molar-refractivity contribution in [2.24, 2.45) is 14.1 Å². The summed E-state index contributed by atoms with van der Waals surface area (Å²) in [6.45, 7) is 4.31. The third-order valence-electron chi connectivity index (χ3n) is 5.45. The van der Waals surface area contributed by atoms with E-state index >= 15 is 0 Å². The predicted octanol–water partition coefficient (Wildman–Crippen LogP) is 4.95. The minimum atomic E-state index is 1.19. The Bertz CT molecular complexity index is 1140. The Morgan fingerprint density at radius 2 is 1.29 bits per heavy atom. The molecule has 0 aliphatic carbocycles. The number of aryl methyl sites for hydroxylation is 3. The summed E-state index contributed by atoms with van der Waals surface area (Å²) in [5.74, 6) is 0. The molecule has 2 aromatic carbocycles. The summed E-state index contributed by atoms with van der Waals surface area (Å²) in [6.07, 6.45) is 2.09. The van der Waals surface area contributed by atoms with Crippen molar-refractivity contribution in [3.05, 3.63) is 96.2 Å². The van der Waals surface area contributed by atoms with E-state index in [1.807, 2.05) is 0 Å². The van der Waals surface area contributed by atoms with Crippen LogP contribution in [0.5, 0.6) is 0 Å². The zero-order chi connectivity index (χ0) is 19.7. The van der Waals surface area contributed by atoms with Crippen molar-refractivity contribution < 1.29 is 9.13 Å². The molecule has 0 radical (unpaired) electrons. The Morgan fingerprint density at radius 3 is 2.04 bits per heavy atom. The summed E-state index contributed by atoms with van der Waals surface area (Å²) in [4.78, 5) is 0. The van der Waals surface area contributed by atoms with Crippen LogP contribution < -0.4 is 9.13 Å². The predicted molar refractivity (Wildman–Crippen MR) is 115 cm³/mol. The molecule has 0 amide bonds. The largest absolute Gasteiger partial charge is 0.277 e. The number of nitrogens with zero attached hydrogens (tertiary/aromatic N) is 2. The Balaban J connectivity index is 1.86. The average Bonchev–Trinajstić information content (AvgIpc) is 2.70. The summed E-state index contributed by atoms with van der Waals surface area (Å²) in [7, 11) is 4.24. The molecule has 0 unspecified atom stereocenters. The van der Waals surface area contributed by atoms with Crippen LogP contribution in [0.15, 0.2) is 85.1 Å². The van der Waals surface area contributed by atoms with Crippen LogP contribution in [0.3, 0.4) is 0 Å². The minimum Gasteiger partial charge on any atom is -0.196 e. The number of aromatic nitrogens is 2. The van der Waals surface area contributed by atoms with Gasteiger partial charge in [0.1, 0.15) is 14.1 Å². The summed E-state index contributed by atoms with van der Waals surface area (Å²) in [5, 5.41) is 0. The van der Waals surface area contributed by atoms with Gasteiger partial charge in [-0.15, -0.1) is 0 Å². The van der Waals surface area contributed by atoms with E-state index in [2.05, 4.69) is 122 Å². The lowest BCUT2D eigenvalue weighted by Crippen LogP contribution is -2.39. The van der Waals surface area contributed by atoms with E-state index in [0.717, 1.165) is 0 Å². The summed E-state index contributed by atoms with van der Waals surface area (Å²) >= 11 is 0. The van der Waals surface area contributed by atoms with E-state index in [4.69, 9.17) is 0 Å². The van der Waals surface area contributed by atoms with Crippen molar-refractivity contribution >= 4 is 0 Å². The molecule has 0 atom stereocenters. The second-order valence-corrected chi connectivity index (χ2v) is 7.45. The summed E-state index contributed by atoms with van der Waals surface area (Å²) < 4.78 is 4.45. The molecule has 0 saturated carbocycles. The third kappa shape index (κ3) is 3.34. The Morgan fingerprint density at radius 1 is 0.607 bits per heavy atom. The van der Waals surface area contributed by atoms with Crippen molar-refractivity contribution in [3.63, 3.8) is 0 Å². The van der Waals surface area contributed by atoms with Crippen LogP contribution >= 0.6 is 0 Å². The second kappa shape index (κ2) is 7.40. The van der Waals surface area contributed by atoms with Gasteiger partial charge in [0, 0.05) is 29.8 Å². The van der Waals surface area contributed by atoms with Crippen LogP contribution in [-0.4, -0.2) is 0 Å². The number of hydrogen-bond donors (Lipinski definition) is 0. The highest BCUT2D eigenvalue weighted by atomic mass is 15.0. The monoisotopic (exact) mass is 366 g/mol. The molecule has 28 heavy (non-hydrogen) atoms. The van der Waals surface area contributed by atoms with Crippen LogP contribution in [0.4, 0.5) is 0 Å². The van der Waals surface area contributed by atoms with Crippen LogP contribution in [-0.2, 0) is 14.1 Å². The molecule has 2 nitrogen and oxygen atoms in total. The van der Waals surface area contributed by atoms with Crippen molar-refractivity contribution in [2.75, 3.05) is 0 Å². The van der Waals surface area contributed by atoms with Gasteiger partial charge in [0.05, 0.1) is 0 Å². The second-order valence-electron chi connectivity index (χ2n) is 7.45. The molecule has 2 aromatic heterocycles. The number of hydrogen-bond acceptors (Lipinski definition) is 0. The fourth-order valence-corrected chi connectivity index (χ4v) is 3.72. The van der Waals surface area contributed by atoms with Gasteiger partial charge in [-0.2, -0.15) is 9.13 Å². The first-order valence-corrected chi connectivity index (χ1v) is 9.67. The third-order valence-corrected chi connectivity index (χ3v) is 5.45. The lowest BCUT2D eigenvalue weighted by Gasteiger charge is -2.10. The van der Waals surface area contributed by atoms with Crippen LogP contribution in [0, 0.1) is 13.8 Å². The molecule has 4 rings (SSSR count). The van der Waals surface area contributed by atoms with E-state index in [-0.39, 0.29) is 0 Å². The molecule has 0 bridgehead atoms. The minimum absolute atomic E-state index is 1.19. The number of pyridine rings is 2. The summed E-state index contributed by atoms with van der Waals surface area (Å²) in [5.41, 5.74) is 9.93. The topological polar surface area (TPSA) is 7.76 Å². The quantitative estimate of drug-likeness (QED) is 0.453. The SMILES string of the molecule is Cc1ccc(-c2ccc(C)c(-c3cccc(-c4cccc[n+]4C)[n+]3C)c2)cc1. The standard InChI is InChI=1S/C26H26N2/c1-19-11-14-21(15-12-19)22-16-13-20(2)23(18-22)24-9-7-10-26(28(24)4)25-8-5-6-17-27(25)3/h5-18H,1-4H3/q+2. The smallest absolute Gasteiger partial charge is 0.196 e. The van der Waals surface area contributed by atoms with Crippen molar-refractivity contribution in [2.45, 2.75) is 13.8 Å². The lowest BCUT2D eigenvalue weighted by molar-refractivity contribution is -0.685. The molecule has 4 aromatic rings. The van der Waals surface area contributed by atoms with Gasteiger partial charge >= 0.3 is 0 Å². The van der Waals surface area contributed by atoms with Gasteiger partial charge in [-0.05, 0) is 48.7 Å². The Labute approximate surface area is 167 Å². The fraction of sp³-hybridized carbons (Fsp3) is 0.154. The van der Waals surface area contributed by atoms with Crippen molar-refractivity contribution in [1.29, 1.82) is 0 Å². The lowest BCUT2D eigenvalue weighted by atomic mass is 9.96. The molecule has 2 heteroatoms. The van der Waals surface area contributed by atoms with Gasteiger partial charge in [0.25, 0.3) is 11.4 Å². The first kappa shape index (κ1) is 18.1. The molecular formula is C26H26N2+2. The Hall–Kier alpha value is -3.26. The van der Waals surface area contributed by atoms with E-state index < -0.39 is 0 Å². The maximum Gasteiger partial charge on any atom is 0.277 e. The number of benzene rings is 2. The van der Waals surface area contributed by atoms with Crippen molar-refractivity contribution in [3.8, 4) is 33.8 Å². The molecule has 138 valence electrons. The van der Waals surface area contributed by atoms with Gasteiger partial charge in [0.2, 0.25) is 5.69 Å². The zero-order valence-corrected chi connectivity index (χ0v) is 17.0. The first-order valence-electron chi connectivity index (χ1n) is 9.67. The van der Waals surface area contributed by atoms with Gasteiger partial charge in [0.15, 0.2) is 6.20 Å². The summed E-state index contributed by atoms with van der Waals surface area (Å²) in [6, 6.07) is 28.3. The molecule has 0 spiro atoms. The van der Waals surface area contributed by atoms with Gasteiger partial charge in [-0.3, -0.25) is 0 Å². The highest BCUT2D eigenvalue weighted by Gasteiger charge is 2.23. The fourth-order valence-electron chi connectivity index (χ4n) is 3.72. The molecule has 0 saturated heterocycles. The van der Waals surface area contributed by atoms with Gasteiger partial charge in [-0.1, -0.05) is 42.0 Å². The zero-order valence-electron chi connectivity index (χ0n) is 17.0. The molecular weight excluding hydrogens is 340 g/mol. The van der Waals surface area contributed by atoms with Crippen LogP contribution in [0.2, 0.25) is 0 Å². The first-order chi connectivity index (χ1) is 13.5. The van der Waals surface area contributed by atoms with Crippen LogP contribution in [0.25, 0.3) is 33.8 Å².